The van der Waals surface area contributed by atoms with Crippen molar-refractivity contribution in [2.45, 2.75) is 37.9 Å². The molecule has 0 unspecified atom stereocenters. The number of nitrogens with zero attached hydrogens (tertiary/aromatic N) is 4. The van der Waals surface area contributed by atoms with Gasteiger partial charge < -0.3 is 14.4 Å². The van der Waals surface area contributed by atoms with Gasteiger partial charge in [0.15, 0.2) is 0 Å². The molecule has 2 saturated heterocycles. The van der Waals surface area contributed by atoms with Gasteiger partial charge in [0.1, 0.15) is 11.9 Å². The maximum Gasteiger partial charge on any atom is 0.225 e. The number of piperidine rings is 1. The van der Waals surface area contributed by atoms with Crippen molar-refractivity contribution in [3.05, 3.63) is 42.5 Å². The van der Waals surface area contributed by atoms with Crippen LogP contribution in [0.3, 0.4) is 0 Å². The van der Waals surface area contributed by atoms with Crippen molar-refractivity contribution in [3.8, 4) is 5.75 Å². The highest BCUT2D eigenvalue weighted by Gasteiger charge is 2.45. The first kappa shape index (κ1) is 15.3. The second-order valence-corrected chi connectivity index (χ2v) is 6.71. The molecule has 1 spiro atoms. The molecular weight excluding hydrogens is 304 g/mol. The Bertz CT molecular complexity index is 679. The van der Waals surface area contributed by atoms with Crippen LogP contribution in [0.15, 0.2) is 36.9 Å². The van der Waals surface area contributed by atoms with Crippen LogP contribution in [0.25, 0.3) is 0 Å². The lowest BCUT2D eigenvalue weighted by Gasteiger charge is -2.39. The van der Waals surface area contributed by atoms with Gasteiger partial charge in [0.25, 0.3) is 0 Å². The standard InChI is InChI=1S/C18H22N4O2/c1-14-9-20-17(21-10-14)22-7-3-5-18(13-22)8-16(12-23-18)24-15-4-2-6-19-11-15/h2,4,6,9-11,16H,3,5,7-8,12-13H2,1H3/t16-,18-/m0/s1. The van der Waals surface area contributed by atoms with Crippen molar-refractivity contribution in [2.24, 2.45) is 0 Å². The topological polar surface area (TPSA) is 60.4 Å². The van der Waals surface area contributed by atoms with Crippen LogP contribution in [0.4, 0.5) is 5.95 Å². The van der Waals surface area contributed by atoms with E-state index in [9.17, 15) is 0 Å². The summed E-state index contributed by atoms with van der Waals surface area (Å²) >= 11 is 0. The Morgan fingerprint density at radius 1 is 1.29 bits per heavy atom. The molecule has 0 aromatic carbocycles. The molecule has 4 rings (SSSR count). The lowest BCUT2D eigenvalue weighted by molar-refractivity contribution is -0.00845. The maximum atomic E-state index is 6.20. The Balaban J connectivity index is 1.43. The molecule has 2 atom stereocenters. The van der Waals surface area contributed by atoms with Crippen molar-refractivity contribution >= 4 is 5.95 Å². The number of hydrogen-bond donors (Lipinski definition) is 0. The summed E-state index contributed by atoms with van der Waals surface area (Å²) in [4.78, 5) is 15.3. The van der Waals surface area contributed by atoms with Gasteiger partial charge in [-0.05, 0) is 37.5 Å². The molecule has 2 aliphatic heterocycles. The predicted octanol–water partition coefficient (Wildman–Crippen LogP) is 2.39. The van der Waals surface area contributed by atoms with Gasteiger partial charge in [-0.25, -0.2) is 9.97 Å². The molecule has 6 nitrogen and oxygen atoms in total. The van der Waals surface area contributed by atoms with Gasteiger partial charge in [-0.1, -0.05) is 0 Å². The van der Waals surface area contributed by atoms with E-state index >= 15 is 0 Å². The Morgan fingerprint density at radius 2 is 2.17 bits per heavy atom. The summed E-state index contributed by atoms with van der Waals surface area (Å²) in [5.41, 5.74) is 0.923. The van der Waals surface area contributed by atoms with Crippen molar-refractivity contribution in [3.63, 3.8) is 0 Å². The lowest BCUT2D eigenvalue weighted by atomic mass is 9.89. The molecule has 4 heterocycles. The normalized spacial score (nSPS) is 26.7. The van der Waals surface area contributed by atoms with Gasteiger partial charge in [0.2, 0.25) is 5.95 Å². The third-order valence-corrected chi connectivity index (χ3v) is 4.70. The van der Waals surface area contributed by atoms with Gasteiger partial charge in [0.05, 0.1) is 18.4 Å². The second kappa shape index (κ2) is 6.36. The minimum Gasteiger partial charge on any atom is -0.486 e. The fraction of sp³-hybridized carbons (Fsp3) is 0.500. The Hall–Kier alpha value is -2.21. The summed E-state index contributed by atoms with van der Waals surface area (Å²) in [5.74, 6) is 1.59. The number of anilines is 1. The molecule has 0 radical (unpaired) electrons. The summed E-state index contributed by atoms with van der Waals surface area (Å²) in [7, 11) is 0. The first-order chi connectivity index (χ1) is 11.7. The van der Waals surface area contributed by atoms with Gasteiger partial charge in [-0.3, -0.25) is 4.98 Å². The van der Waals surface area contributed by atoms with Gasteiger partial charge >= 0.3 is 0 Å². The number of aryl methyl sites for hydroxylation is 1. The number of ether oxygens (including phenoxy) is 2. The van der Waals surface area contributed by atoms with Crippen molar-refractivity contribution in [2.75, 3.05) is 24.6 Å². The third kappa shape index (κ3) is 3.19. The molecule has 126 valence electrons. The average molecular weight is 326 g/mol. The number of hydrogen-bond acceptors (Lipinski definition) is 6. The molecule has 6 heteroatoms. The zero-order chi connectivity index (χ0) is 16.4. The molecule has 0 bridgehead atoms. The van der Waals surface area contributed by atoms with E-state index in [1.54, 1.807) is 12.4 Å². The quantitative estimate of drug-likeness (QED) is 0.863. The van der Waals surface area contributed by atoms with Crippen LogP contribution >= 0.6 is 0 Å². The monoisotopic (exact) mass is 326 g/mol. The van der Waals surface area contributed by atoms with E-state index in [1.807, 2.05) is 31.5 Å². The first-order valence-corrected chi connectivity index (χ1v) is 8.47. The van der Waals surface area contributed by atoms with Gasteiger partial charge in [-0.15, -0.1) is 0 Å². The SMILES string of the molecule is Cc1cnc(N2CCC[C@]3(C[C@H](Oc4cccnc4)CO3)C2)nc1. The van der Waals surface area contributed by atoms with E-state index in [4.69, 9.17) is 9.47 Å². The van der Waals surface area contributed by atoms with Crippen LogP contribution in [-0.4, -0.2) is 46.4 Å². The van der Waals surface area contributed by atoms with Crippen LogP contribution in [0, 0.1) is 6.92 Å². The van der Waals surface area contributed by atoms with E-state index in [2.05, 4.69) is 19.9 Å². The summed E-state index contributed by atoms with van der Waals surface area (Å²) in [6.45, 7) is 4.42. The molecule has 2 fully saturated rings. The number of rotatable bonds is 3. The predicted molar refractivity (Wildman–Crippen MR) is 90.2 cm³/mol. The summed E-state index contributed by atoms with van der Waals surface area (Å²) in [5, 5.41) is 0. The number of pyridine rings is 1. The van der Waals surface area contributed by atoms with Gasteiger partial charge in [-0.2, -0.15) is 0 Å². The van der Waals surface area contributed by atoms with E-state index in [0.29, 0.717) is 6.61 Å². The average Bonchev–Trinajstić information content (AvgIpc) is 2.98. The smallest absolute Gasteiger partial charge is 0.225 e. The zero-order valence-corrected chi connectivity index (χ0v) is 13.9. The van der Waals surface area contributed by atoms with Crippen molar-refractivity contribution in [1.29, 1.82) is 0 Å². The molecule has 2 aromatic rings. The van der Waals surface area contributed by atoms with Crippen molar-refractivity contribution in [1.82, 2.24) is 15.0 Å². The molecule has 2 aromatic heterocycles. The highest BCUT2D eigenvalue weighted by Crippen LogP contribution is 2.36. The van der Waals surface area contributed by atoms with E-state index in [1.165, 1.54) is 0 Å². The summed E-state index contributed by atoms with van der Waals surface area (Å²) in [6.07, 6.45) is 10.3. The molecule has 24 heavy (non-hydrogen) atoms. The van der Waals surface area contributed by atoms with Crippen LogP contribution in [-0.2, 0) is 4.74 Å². The first-order valence-electron chi connectivity index (χ1n) is 8.47. The van der Waals surface area contributed by atoms with Crippen LogP contribution < -0.4 is 9.64 Å². The van der Waals surface area contributed by atoms with E-state index < -0.39 is 0 Å². The van der Waals surface area contributed by atoms with Crippen LogP contribution in [0.2, 0.25) is 0 Å². The Labute approximate surface area is 141 Å². The molecule has 2 aliphatic rings. The van der Waals surface area contributed by atoms with Gasteiger partial charge in [0, 0.05) is 38.1 Å². The molecule has 0 saturated carbocycles. The number of aromatic nitrogens is 3. The highest BCUT2D eigenvalue weighted by molar-refractivity contribution is 5.32. The minimum atomic E-state index is -0.153. The lowest BCUT2D eigenvalue weighted by Crippen LogP contribution is -2.48. The minimum absolute atomic E-state index is 0.0769. The van der Waals surface area contributed by atoms with Crippen LogP contribution in [0.5, 0.6) is 5.75 Å². The zero-order valence-electron chi connectivity index (χ0n) is 13.9. The van der Waals surface area contributed by atoms with E-state index in [0.717, 1.165) is 49.6 Å². The molecular formula is C18H22N4O2. The molecule has 0 amide bonds. The Morgan fingerprint density at radius 3 is 2.96 bits per heavy atom. The van der Waals surface area contributed by atoms with Crippen molar-refractivity contribution < 1.29 is 9.47 Å². The fourth-order valence-corrected chi connectivity index (χ4v) is 3.59. The Kier molecular flexibility index (Phi) is 4.06. The van der Waals surface area contributed by atoms with Crippen LogP contribution in [0.1, 0.15) is 24.8 Å². The summed E-state index contributed by atoms with van der Waals surface area (Å²) in [6, 6.07) is 3.82. The highest BCUT2D eigenvalue weighted by atomic mass is 16.6. The maximum absolute atomic E-state index is 6.20. The summed E-state index contributed by atoms with van der Waals surface area (Å²) < 4.78 is 12.2. The molecule has 0 aliphatic carbocycles. The van der Waals surface area contributed by atoms with E-state index in [-0.39, 0.29) is 11.7 Å². The molecule has 0 N–H and O–H groups in total. The third-order valence-electron chi connectivity index (χ3n) is 4.70. The fourth-order valence-electron chi connectivity index (χ4n) is 3.59. The largest absolute Gasteiger partial charge is 0.486 e. The second-order valence-electron chi connectivity index (χ2n) is 6.71.